The molecule has 2 N–H and O–H groups in total. The van der Waals surface area contributed by atoms with E-state index < -0.39 is 0 Å². The molecule has 2 aromatic heterocycles. The van der Waals surface area contributed by atoms with Gasteiger partial charge in [0.2, 0.25) is 0 Å². The number of phenolic OH excluding ortho intramolecular Hbond substituents is 1. The fraction of sp³-hybridized carbons (Fsp3) is 0. The zero-order valence-electron chi connectivity index (χ0n) is 8.68. The van der Waals surface area contributed by atoms with Crippen molar-refractivity contribution in [3.8, 4) is 17.3 Å². The monoisotopic (exact) mass is 245 g/mol. The van der Waals surface area contributed by atoms with Crippen LogP contribution in [-0.2, 0) is 0 Å². The number of phenols is 1. The molecule has 3 aromatic rings. The average Bonchev–Trinajstić information content (AvgIpc) is 2.72. The Morgan fingerprint density at radius 1 is 1.18 bits per heavy atom. The third-order valence-corrected chi connectivity index (χ3v) is 2.66. The van der Waals surface area contributed by atoms with E-state index in [4.69, 9.17) is 11.6 Å². The van der Waals surface area contributed by atoms with Crippen LogP contribution in [0, 0.1) is 0 Å². The predicted molar refractivity (Wildman–Crippen MR) is 66.0 cm³/mol. The number of halogens is 1. The number of hydrogen-bond acceptors (Lipinski definition) is 3. The first-order chi connectivity index (χ1) is 8.22. The molecule has 0 unspecified atom stereocenters. The molecule has 0 fully saturated rings. The van der Waals surface area contributed by atoms with Gasteiger partial charge in [0.25, 0.3) is 0 Å². The maximum absolute atomic E-state index is 9.37. The number of pyridine rings is 1. The summed E-state index contributed by atoms with van der Waals surface area (Å²) >= 11 is 5.77. The average molecular weight is 246 g/mol. The van der Waals surface area contributed by atoms with Crippen molar-refractivity contribution >= 4 is 22.6 Å². The Bertz CT molecular complexity index is 676. The van der Waals surface area contributed by atoms with E-state index in [1.54, 1.807) is 36.5 Å². The van der Waals surface area contributed by atoms with Gasteiger partial charge in [0.1, 0.15) is 11.4 Å². The molecule has 17 heavy (non-hydrogen) atoms. The van der Waals surface area contributed by atoms with Gasteiger partial charge in [-0.25, -0.2) is 4.98 Å². The van der Waals surface area contributed by atoms with Gasteiger partial charge in [0.15, 0.2) is 5.82 Å². The number of hydrogen-bond donors (Lipinski definition) is 2. The zero-order chi connectivity index (χ0) is 11.8. The molecular weight excluding hydrogens is 238 g/mol. The molecular formula is C12H8ClN3O. The summed E-state index contributed by atoms with van der Waals surface area (Å²) < 4.78 is 0. The third kappa shape index (κ3) is 1.83. The molecule has 0 aliphatic heterocycles. The first-order valence-electron chi connectivity index (χ1n) is 5.03. The lowest BCUT2D eigenvalue weighted by Gasteiger charge is -1.94. The van der Waals surface area contributed by atoms with Crippen molar-refractivity contribution in [3.63, 3.8) is 0 Å². The lowest BCUT2D eigenvalue weighted by Crippen LogP contribution is -1.84. The largest absolute Gasteiger partial charge is 0.508 e. The number of rotatable bonds is 1. The molecule has 0 radical (unpaired) electrons. The number of H-pyrrole nitrogens is 1. The Hall–Kier alpha value is -2.07. The van der Waals surface area contributed by atoms with Gasteiger partial charge < -0.3 is 10.1 Å². The van der Waals surface area contributed by atoms with Gasteiger partial charge in [-0.3, -0.25) is 4.98 Å². The number of benzene rings is 1. The summed E-state index contributed by atoms with van der Waals surface area (Å²) in [6.45, 7) is 0. The number of fused-ring (bicyclic) bond motifs is 1. The van der Waals surface area contributed by atoms with Crippen LogP contribution in [0.5, 0.6) is 5.75 Å². The summed E-state index contributed by atoms with van der Waals surface area (Å²) in [7, 11) is 0. The van der Waals surface area contributed by atoms with Crippen molar-refractivity contribution in [2.24, 2.45) is 0 Å². The zero-order valence-corrected chi connectivity index (χ0v) is 9.44. The van der Waals surface area contributed by atoms with Crippen molar-refractivity contribution in [2.75, 3.05) is 0 Å². The van der Waals surface area contributed by atoms with Crippen molar-refractivity contribution in [3.05, 3.63) is 41.6 Å². The van der Waals surface area contributed by atoms with Gasteiger partial charge in [0.05, 0.1) is 16.1 Å². The number of nitrogens with one attached hydrogen (secondary N) is 1. The maximum Gasteiger partial charge on any atom is 0.157 e. The van der Waals surface area contributed by atoms with E-state index in [1.165, 1.54) is 0 Å². The second kappa shape index (κ2) is 3.75. The summed E-state index contributed by atoms with van der Waals surface area (Å²) in [5, 5.41) is 9.95. The number of aromatic hydroxyl groups is 1. The molecule has 1 aromatic carbocycles. The predicted octanol–water partition coefficient (Wildman–Crippen LogP) is 2.98. The summed E-state index contributed by atoms with van der Waals surface area (Å²) in [5.41, 5.74) is 2.27. The summed E-state index contributed by atoms with van der Waals surface area (Å²) in [6, 6.07) is 8.53. The van der Waals surface area contributed by atoms with E-state index in [9.17, 15) is 5.11 Å². The molecule has 0 atom stereocenters. The van der Waals surface area contributed by atoms with Crippen molar-refractivity contribution < 1.29 is 5.11 Å². The van der Waals surface area contributed by atoms with Gasteiger partial charge in [0, 0.05) is 12.3 Å². The Labute approximate surface area is 102 Å². The van der Waals surface area contributed by atoms with E-state index in [1.807, 2.05) is 0 Å². The molecule has 0 aliphatic carbocycles. The topological polar surface area (TPSA) is 61.8 Å². The summed E-state index contributed by atoms with van der Waals surface area (Å²) in [6.07, 6.45) is 1.57. The fourth-order valence-corrected chi connectivity index (χ4v) is 1.75. The van der Waals surface area contributed by atoms with Crippen molar-refractivity contribution in [1.82, 2.24) is 15.0 Å². The van der Waals surface area contributed by atoms with Crippen LogP contribution in [0.25, 0.3) is 22.6 Å². The van der Waals surface area contributed by atoms with Crippen LogP contribution < -0.4 is 0 Å². The number of imidazole rings is 1. The Morgan fingerprint density at radius 2 is 2.06 bits per heavy atom. The van der Waals surface area contributed by atoms with Crippen LogP contribution >= 0.6 is 11.6 Å². The molecule has 0 aliphatic rings. The van der Waals surface area contributed by atoms with Gasteiger partial charge in [-0.1, -0.05) is 11.6 Å². The summed E-state index contributed by atoms with van der Waals surface area (Å²) in [4.78, 5) is 11.7. The maximum atomic E-state index is 9.37. The van der Waals surface area contributed by atoms with Crippen molar-refractivity contribution in [2.45, 2.75) is 0 Å². The molecule has 3 rings (SSSR count). The highest BCUT2D eigenvalue weighted by atomic mass is 35.5. The van der Waals surface area contributed by atoms with Crippen LogP contribution in [0.1, 0.15) is 0 Å². The van der Waals surface area contributed by atoms with E-state index in [0.717, 1.165) is 11.0 Å². The van der Waals surface area contributed by atoms with E-state index in [-0.39, 0.29) is 5.75 Å². The second-order valence-corrected chi connectivity index (χ2v) is 4.08. The Morgan fingerprint density at radius 3 is 2.82 bits per heavy atom. The first-order valence-corrected chi connectivity index (χ1v) is 5.41. The lowest BCUT2D eigenvalue weighted by atomic mass is 10.3. The highest BCUT2D eigenvalue weighted by Gasteiger charge is 2.06. The SMILES string of the molecule is Oc1ccc2nc(-c3ccc(Cl)cn3)[nH]c2c1. The quantitative estimate of drug-likeness (QED) is 0.693. The Kier molecular flexibility index (Phi) is 2.23. The van der Waals surface area contributed by atoms with Crippen LogP contribution in [0.3, 0.4) is 0 Å². The third-order valence-electron chi connectivity index (χ3n) is 2.44. The fourth-order valence-electron chi connectivity index (χ4n) is 1.63. The standard InChI is InChI=1S/C12H8ClN3O/c13-7-1-3-10(14-6-7)12-15-9-4-2-8(17)5-11(9)16-12/h1-6,17H,(H,15,16). The van der Waals surface area contributed by atoms with Crippen LogP contribution in [0.15, 0.2) is 36.5 Å². The lowest BCUT2D eigenvalue weighted by molar-refractivity contribution is 0.476. The van der Waals surface area contributed by atoms with Gasteiger partial charge in [-0.2, -0.15) is 0 Å². The minimum absolute atomic E-state index is 0.205. The van der Waals surface area contributed by atoms with Crippen LogP contribution in [0.2, 0.25) is 5.02 Å². The van der Waals surface area contributed by atoms with E-state index >= 15 is 0 Å². The van der Waals surface area contributed by atoms with Gasteiger partial charge in [-0.05, 0) is 24.3 Å². The van der Waals surface area contributed by atoms with E-state index in [2.05, 4.69) is 15.0 Å². The molecule has 0 spiro atoms. The number of nitrogens with zero attached hydrogens (tertiary/aromatic N) is 2. The molecule has 5 heteroatoms. The highest BCUT2D eigenvalue weighted by molar-refractivity contribution is 6.30. The number of aromatic amines is 1. The molecule has 84 valence electrons. The smallest absolute Gasteiger partial charge is 0.157 e. The van der Waals surface area contributed by atoms with Crippen LogP contribution in [-0.4, -0.2) is 20.1 Å². The molecule has 0 saturated carbocycles. The second-order valence-electron chi connectivity index (χ2n) is 3.65. The van der Waals surface area contributed by atoms with Gasteiger partial charge >= 0.3 is 0 Å². The Balaban J connectivity index is 2.14. The van der Waals surface area contributed by atoms with Crippen molar-refractivity contribution in [1.29, 1.82) is 0 Å². The molecule has 0 saturated heterocycles. The van der Waals surface area contributed by atoms with E-state index in [0.29, 0.717) is 16.5 Å². The first kappa shape index (κ1) is 10.1. The molecule has 2 heterocycles. The van der Waals surface area contributed by atoms with Gasteiger partial charge in [-0.15, -0.1) is 0 Å². The minimum Gasteiger partial charge on any atom is -0.508 e. The minimum atomic E-state index is 0.205. The van der Waals surface area contributed by atoms with Crippen LogP contribution in [0.4, 0.5) is 0 Å². The highest BCUT2D eigenvalue weighted by Crippen LogP contribution is 2.22. The number of aromatic nitrogens is 3. The molecule has 4 nitrogen and oxygen atoms in total. The molecule has 0 amide bonds. The normalized spacial score (nSPS) is 10.9. The summed E-state index contributed by atoms with van der Waals surface area (Å²) in [5.74, 6) is 0.860. The molecule has 0 bridgehead atoms.